The molecule has 0 aliphatic heterocycles. The Labute approximate surface area is 108 Å². The van der Waals surface area contributed by atoms with E-state index in [1.54, 1.807) is 6.07 Å². The van der Waals surface area contributed by atoms with Crippen molar-refractivity contribution < 1.29 is 22.7 Å². The number of anilines is 1. The Morgan fingerprint density at radius 3 is 2.63 bits per heavy atom. The fraction of sp³-hybridized carbons (Fsp3) is 0.417. The maximum atomic E-state index is 12.2. The molecular formula is C12H15F3N2O2. The molecular weight excluding hydrogens is 261 g/mol. The van der Waals surface area contributed by atoms with Crippen LogP contribution in [0.4, 0.5) is 18.9 Å². The largest absolute Gasteiger partial charge is 0.497 e. The number of carbonyl (C=O) groups is 1. The molecule has 0 fully saturated rings. The maximum Gasteiger partial charge on any atom is 0.391 e. The SMILES string of the molecule is COc1ccc(N)c(C(=O)NC(C)CC(F)(F)F)c1. The molecule has 0 aliphatic carbocycles. The van der Waals surface area contributed by atoms with Crippen molar-refractivity contribution in [1.29, 1.82) is 0 Å². The van der Waals surface area contributed by atoms with Gasteiger partial charge in [0.05, 0.1) is 19.1 Å². The lowest BCUT2D eigenvalue weighted by molar-refractivity contribution is -0.138. The van der Waals surface area contributed by atoms with E-state index < -0.39 is 24.5 Å². The highest BCUT2D eigenvalue weighted by atomic mass is 19.4. The van der Waals surface area contributed by atoms with Gasteiger partial charge in [0.1, 0.15) is 5.75 Å². The minimum Gasteiger partial charge on any atom is -0.497 e. The Hall–Kier alpha value is -1.92. The van der Waals surface area contributed by atoms with Crippen LogP contribution in [0.25, 0.3) is 0 Å². The Balaban J connectivity index is 2.78. The predicted octanol–water partition coefficient (Wildman–Crippen LogP) is 2.35. The van der Waals surface area contributed by atoms with Crippen LogP contribution in [0.1, 0.15) is 23.7 Å². The first-order chi connectivity index (χ1) is 8.73. The number of hydrogen-bond acceptors (Lipinski definition) is 3. The van der Waals surface area contributed by atoms with Crippen LogP contribution < -0.4 is 15.8 Å². The average Bonchev–Trinajstić information content (AvgIpc) is 2.26. The van der Waals surface area contributed by atoms with Gasteiger partial charge in [0, 0.05) is 11.7 Å². The lowest BCUT2D eigenvalue weighted by Gasteiger charge is -2.16. The molecule has 0 aromatic heterocycles. The number of nitrogens with one attached hydrogen (secondary N) is 1. The van der Waals surface area contributed by atoms with Gasteiger partial charge in [-0.05, 0) is 25.1 Å². The van der Waals surface area contributed by atoms with Crippen LogP contribution in [0.3, 0.4) is 0 Å². The first-order valence-electron chi connectivity index (χ1n) is 5.54. The highest BCUT2D eigenvalue weighted by Gasteiger charge is 2.30. The molecule has 0 spiro atoms. The molecule has 1 unspecified atom stereocenters. The number of carbonyl (C=O) groups excluding carboxylic acids is 1. The molecule has 106 valence electrons. The van der Waals surface area contributed by atoms with Crippen molar-refractivity contribution in [3.8, 4) is 5.75 Å². The van der Waals surface area contributed by atoms with Gasteiger partial charge in [0.25, 0.3) is 5.91 Å². The summed E-state index contributed by atoms with van der Waals surface area (Å²) in [4.78, 5) is 11.8. The fourth-order valence-electron chi connectivity index (χ4n) is 1.56. The third-order valence-electron chi connectivity index (χ3n) is 2.42. The van der Waals surface area contributed by atoms with Gasteiger partial charge in [-0.2, -0.15) is 13.2 Å². The van der Waals surface area contributed by atoms with Crippen molar-refractivity contribution in [3.05, 3.63) is 23.8 Å². The highest BCUT2D eigenvalue weighted by molar-refractivity contribution is 5.99. The summed E-state index contributed by atoms with van der Waals surface area (Å²) in [5.74, 6) is -0.254. The summed E-state index contributed by atoms with van der Waals surface area (Å²) >= 11 is 0. The van der Waals surface area contributed by atoms with Crippen molar-refractivity contribution in [2.24, 2.45) is 0 Å². The van der Waals surface area contributed by atoms with Gasteiger partial charge in [-0.1, -0.05) is 0 Å². The quantitative estimate of drug-likeness (QED) is 0.830. The number of methoxy groups -OCH3 is 1. The smallest absolute Gasteiger partial charge is 0.391 e. The van der Waals surface area contributed by atoms with Crippen LogP contribution >= 0.6 is 0 Å². The molecule has 0 bridgehead atoms. The fourth-order valence-corrected chi connectivity index (χ4v) is 1.56. The first kappa shape index (κ1) is 15.1. The molecule has 0 saturated carbocycles. The summed E-state index contributed by atoms with van der Waals surface area (Å²) in [6.45, 7) is 1.28. The lowest BCUT2D eigenvalue weighted by atomic mass is 10.1. The topological polar surface area (TPSA) is 64.3 Å². The molecule has 4 nitrogen and oxygen atoms in total. The summed E-state index contributed by atoms with van der Waals surface area (Å²) in [5.41, 5.74) is 5.88. The number of ether oxygens (including phenoxy) is 1. The van der Waals surface area contributed by atoms with E-state index in [2.05, 4.69) is 5.32 Å². The van der Waals surface area contributed by atoms with Crippen molar-refractivity contribution >= 4 is 11.6 Å². The third kappa shape index (κ3) is 4.69. The molecule has 1 atom stereocenters. The summed E-state index contributed by atoms with van der Waals surface area (Å²) in [6, 6.07) is 3.37. The van der Waals surface area contributed by atoms with Crippen molar-refractivity contribution in [2.75, 3.05) is 12.8 Å². The van der Waals surface area contributed by atoms with Crippen molar-refractivity contribution in [1.82, 2.24) is 5.32 Å². The summed E-state index contributed by atoms with van der Waals surface area (Å²) in [7, 11) is 1.42. The predicted molar refractivity (Wildman–Crippen MR) is 65.0 cm³/mol. The zero-order chi connectivity index (χ0) is 14.6. The average molecular weight is 276 g/mol. The number of nitrogens with two attached hydrogens (primary N) is 1. The van der Waals surface area contributed by atoms with Gasteiger partial charge in [0.15, 0.2) is 0 Å². The van der Waals surface area contributed by atoms with Crippen LogP contribution in [0.5, 0.6) is 5.75 Å². The Morgan fingerprint density at radius 2 is 2.11 bits per heavy atom. The van der Waals surface area contributed by atoms with Gasteiger partial charge < -0.3 is 15.8 Å². The maximum absolute atomic E-state index is 12.2. The van der Waals surface area contributed by atoms with Crippen LogP contribution in [0, 0.1) is 0 Å². The number of alkyl halides is 3. The van der Waals surface area contributed by atoms with Crippen molar-refractivity contribution in [2.45, 2.75) is 25.6 Å². The minimum absolute atomic E-state index is 0.0911. The summed E-state index contributed by atoms with van der Waals surface area (Å²) in [5, 5.41) is 2.25. The van der Waals surface area contributed by atoms with Gasteiger partial charge in [-0.25, -0.2) is 0 Å². The standard InChI is InChI=1S/C12H15F3N2O2/c1-7(6-12(13,14)15)17-11(18)9-5-8(19-2)3-4-10(9)16/h3-5,7H,6,16H2,1-2H3,(H,17,18). The monoisotopic (exact) mass is 276 g/mol. The second-order valence-electron chi connectivity index (χ2n) is 4.15. The number of amides is 1. The van der Waals surface area contributed by atoms with Crippen LogP contribution in [-0.4, -0.2) is 25.2 Å². The zero-order valence-electron chi connectivity index (χ0n) is 10.5. The molecule has 1 amide bonds. The van der Waals surface area contributed by atoms with Crippen molar-refractivity contribution in [3.63, 3.8) is 0 Å². The molecule has 0 heterocycles. The van der Waals surface area contributed by atoms with E-state index in [9.17, 15) is 18.0 Å². The van der Waals surface area contributed by atoms with Gasteiger partial charge in [-0.15, -0.1) is 0 Å². The van der Waals surface area contributed by atoms with E-state index in [0.717, 1.165) is 0 Å². The van der Waals surface area contributed by atoms with E-state index in [-0.39, 0.29) is 11.3 Å². The van der Waals surface area contributed by atoms with Gasteiger partial charge in [0.2, 0.25) is 0 Å². The van der Waals surface area contributed by atoms with E-state index in [1.807, 2.05) is 0 Å². The van der Waals surface area contributed by atoms with Crippen LogP contribution in [0.15, 0.2) is 18.2 Å². The number of rotatable bonds is 4. The van der Waals surface area contributed by atoms with E-state index in [4.69, 9.17) is 10.5 Å². The van der Waals surface area contributed by atoms with E-state index in [0.29, 0.717) is 5.75 Å². The third-order valence-corrected chi connectivity index (χ3v) is 2.42. The molecule has 1 aromatic carbocycles. The zero-order valence-corrected chi connectivity index (χ0v) is 10.5. The second kappa shape index (κ2) is 5.81. The molecule has 0 saturated heterocycles. The summed E-state index contributed by atoms with van der Waals surface area (Å²) in [6.07, 6.45) is -5.42. The molecule has 3 N–H and O–H groups in total. The summed E-state index contributed by atoms with van der Waals surface area (Å²) < 4.78 is 41.4. The molecule has 7 heteroatoms. The highest BCUT2D eigenvalue weighted by Crippen LogP contribution is 2.23. The van der Waals surface area contributed by atoms with Gasteiger partial charge in [-0.3, -0.25) is 4.79 Å². The molecule has 1 rings (SSSR count). The Kier molecular flexibility index (Phi) is 4.63. The first-order valence-corrected chi connectivity index (χ1v) is 5.54. The van der Waals surface area contributed by atoms with E-state index >= 15 is 0 Å². The Bertz CT molecular complexity index is 461. The normalized spacial score (nSPS) is 12.9. The minimum atomic E-state index is -4.33. The second-order valence-corrected chi connectivity index (χ2v) is 4.15. The molecule has 0 aliphatic rings. The van der Waals surface area contributed by atoms with Crippen LogP contribution in [-0.2, 0) is 0 Å². The van der Waals surface area contributed by atoms with Gasteiger partial charge >= 0.3 is 6.18 Å². The molecule has 19 heavy (non-hydrogen) atoms. The van der Waals surface area contributed by atoms with E-state index in [1.165, 1.54) is 26.2 Å². The number of benzene rings is 1. The Morgan fingerprint density at radius 1 is 1.47 bits per heavy atom. The lowest BCUT2D eigenvalue weighted by Crippen LogP contribution is -2.36. The number of nitrogen functional groups attached to an aromatic ring is 1. The van der Waals surface area contributed by atoms with Crippen LogP contribution in [0.2, 0.25) is 0 Å². The molecule has 0 radical (unpaired) electrons. The number of halogens is 3. The molecule has 1 aromatic rings. The number of hydrogen-bond donors (Lipinski definition) is 2.